The second-order valence-electron chi connectivity index (χ2n) is 3.76. The molecule has 1 aliphatic rings. The summed E-state index contributed by atoms with van der Waals surface area (Å²) in [5, 5.41) is 0. The molecule has 1 fully saturated rings. The Balaban J connectivity index is 2.41. The molecule has 3 unspecified atom stereocenters. The quantitative estimate of drug-likeness (QED) is 0.658. The molecule has 0 radical (unpaired) electrons. The number of hydrogen-bond donors (Lipinski definition) is 0. The molecule has 1 saturated heterocycles. The third kappa shape index (κ3) is 2.66. The van der Waals surface area contributed by atoms with Crippen molar-refractivity contribution in [1.82, 2.24) is 4.90 Å². The van der Waals surface area contributed by atoms with Gasteiger partial charge in [-0.15, -0.1) is 0 Å². The van der Waals surface area contributed by atoms with E-state index in [4.69, 9.17) is 9.47 Å². The van der Waals surface area contributed by atoms with E-state index in [0.29, 0.717) is 18.2 Å². The van der Waals surface area contributed by atoms with Crippen LogP contribution in [0.2, 0.25) is 0 Å². The van der Waals surface area contributed by atoms with Crippen molar-refractivity contribution in [2.75, 3.05) is 27.3 Å². The highest BCUT2D eigenvalue weighted by molar-refractivity contribution is 4.87. The van der Waals surface area contributed by atoms with E-state index in [9.17, 15) is 0 Å². The summed E-state index contributed by atoms with van der Waals surface area (Å²) in [6.07, 6.45) is 1.79. The first-order valence-corrected chi connectivity index (χ1v) is 5.03. The van der Waals surface area contributed by atoms with Crippen molar-refractivity contribution < 1.29 is 9.47 Å². The maximum Gasteiger partial charge on any atom is 0.0714 e. The Hall–Kier alpha value is -0.120. The van der Waals surface area contributed by atoms with Crippen molar-refractivity contribution >= 4 is 0 Å². The van der Waals surface area contributed by atoms with Crippen molar-refractivity contribution in [2.45, 2.75) is 38.5 Å². The molecular formula is C10H21NO2. The van der Waals surface area contributed by atoms with Crippen LogP contribution in [0.1, 0.15) is 20.3 Å². The van der Waals surface area contributed by atoms with Crippen LogP contribution in [-0.4, -0.2) is 50.5 Å². The van der Waals surface area contributed by atoms with Gasteiger partial charge in [-0.1, -0.05) is 0 Å². The van der Waals surface area contributed by atoms with Gasteiger partial charge in [-0.3, -0.25) is 4.90 Å². The van der Waals surface area contributed by atoms with Crippen molar-refractivity contribution in [2.24, 2.45) is 0 Å². The Labute approximate surface area is 81.0 Å². The molecule has 3 nitrogen and oxygen atoms in total. The van der Waals surface area contributed by atoms with Crippen LogP contribution in [0.5, 0.6) is 0 Å². The molecule has 3 heteroatoms. The zero-order valence-electron chi connectivity index (χ0n) is 9.12. The Morgan fingerprint density at radius 2 is 2.23 bits per heavy atom. The van der Waals surface area contributed by atoms with Gasteiger partial charge < -0.3 is 9.47 Å². The fourth-order valence-corrected chi connectivity index (χ4v) is 2.08. The molecule has 1 aliphatic heterocycles. The molecular weight excluding hydrogens is 166 g/mol. The number of rotatable bonds is 4. The first kappa shape index (κ1) is 11.0. The second-order valence-corrected chi connectivity index (χ2v) is 3.76. The Morgan fingerprint density at radius 1 is 1.54 bits per heavy atom. The number of nitrogens with zero attached hydrogens (tertiary/aromatic N) is 1. The third-order valence-electron chi connectivity index (χ3n) is 2.87. The third-order valence-corrected chi connectivity index (χ3v) is 2.87. The predicted molar refractivity (Wildman–Crippen MR) is 52.9 cm³/mol. The van der Waals surface area contributed by atoms with E-state index < -0.39 is 0 Å². The van der Waals surface area contributed by atoms with Crippen molar-refractivity contribution in [3.63, 3.8) is 0 Å². The van der Waals surface area contributed by atoms with E-state index in [2.05, 4.69) is 18.9 Å². The molecule has 0 aromatic rings. The number of likely N-dealkylation sites (N-methyl/N-ethyl adjacent to an activating group) is 1. The molecule has 0 amide bonds. The van der Waals surface area contributed by atoms with Gasteiger partial charge in [0.15, 0.2) is 0 Å². The molecule has 1 heterocycles. The SMILES string of the molecule is CCOC(C)C1CC(OC)CN1C. The summed E-state index contributed by atoms with van der Waals surface area (Å²) in [6.45, 7) is 6.00. The topological polar surface area (TPSA) is 21.7 Å². The van der Waals surface area contributed by atoms with Crippen LogP contribution in [0.15, 0.2) is 0 Å². The van der Waals surface area contributed by atoms with Crippen LogP contribution in [-0.2, 0) is 9.47 Å². The van der Waals surface area contributed by atoms with Gasteiger partial charge in [-0.05, 0) is 27.3 Å². The van der Waals surface area contributed by atoms with Crippen LogP contribution >= 0.6 is 0 Å². The van der Waals surface area contributed by atoms with Gasteiger partial charge in [0.25, 0.3) is 0 Å². The standard InChI is InChI=1S/C10H21NO2/c1-5-13-8(2)10-6-9(12-4)7-11(10)3/h8-10H,5-7H2,1-4H3. The van der Waals surface area contributed by atoms with E-state index in [0.717, 1.165) is 19.6 Å². The lowest BCUT2D eigenvalue weighted by Gasteiger charge is -2.25. The smallest absolute Gasteiger partial charge is 0.0714 e. The summed E-state index contributed by atoms with van der Waals surface area (Å²) in [6, 6.07) is 0.518. The molecule has 13 heavy (non-hydrogen) atoms. The zero-order valence-corrected chi connectivity index (χ0v) is 9.12. The van der Waals surface area contributed by atoms with Crippen molar-refractivity contribution in [3.05, 3.63) is 0 Å². The van der Waals surface area contributed by atoms with Gasteiger partial charge in [0.1, 0.15) is 0 Å². The zero-order chi connectivity index (χ0) is 9.84. The van der Waals surface area contributed by atoms with Crippen LogP contribution in [0, 0.1) is 0 Å². The summed E-state index contributed by atoms with van der Waals surface area (Å²) in [5.41, 5.74) is 0. The summed E-state index contributed by atoms with van der Waals surface area (Å²) >= 11 is 0. The number of ether oxygens (including phenoxy) is 2. The van der Waals surface area contributed by atoms with Gasteiger partial charge in [-0.2, -0.15) is 0 Å². The molecule has 0 aromatic heterocycles. The van der Waals surface area contributed by atoms with Crippen LogP contribution < -0.4 is 0 Å². The van der Waals surface area contributed by atoms with Crippen molar-refractivity contribution in [1.29, 1.82) is 0 Å². The Kier molecular flexibility index (Phi) is 4.16. The highest BCUT2D eigenvalue weighted by Gasteiger charge is 2.33. The monoisotopic (exact) mass is 187 g/mol. The molecule has 0 saturated carbocycles. The molecule has 0 spiro atoms. The van der Waals surface area contributed by atoms with Gasteiger partial charge in [-0.25, -0.2) is 0 Å². The number of hydrogen-bond acceptors (Lipinski definition) is 3. The number of likely N-dealkylation sites (tertiary alicyclic amines) is 1. The Bertz CT molecular complexity index is 152. The average molecular weight is 187 g/mol. The largest absolute Gasteiger partial charge is 0.380 e. The maximum absolute atomic E-state index is 5.59. The molecule has 78 valence electrons. The summed E-state index contributed by atoms with van der Waals surface area (Å²) < 4.78 is 10.9. The Morgan fingerprint density at radius 3 is 2.69 bits per heavy atom. The van der Waals surface area contributed by atoms with Gasteiger partial charge in [0.2, 0.25) is 0 Å². The van der Waals surface area contributed by atoms with Crippen LogP contribution in [0.25, 0.3) is 0 Å². The summed E-state index contributed by atoms with van der Waals surface area (Å²) in [4.78, 5) is 2.33. The minimum absolute atomic E-state index is 0.315. The van der Waals surface area contributed by atoms with Crippen LogP contribution in [0.3, 0.4) is 0 Å². The van der Waals surface area contributed by atoms with Gasteiger partial charge in [0, 0.05) is 26.3 Å². The van der Waals surface area contributed by atoms with Gasteiger partial charge >= 0.3 is 0 Å². The summed E-state index contributed by atoms with van der Waals surface area (Å²) in [5.74, 6) is 0. The highest BCUT2D eigenvalue weighted by atomic mass is 16.5. The van der Waals surface area contributed by atoms with Gasteiger partial charge in [0.05, 0.1) is 12.2 Å². The maximum atomic E-state index is 5.59. The molecule has 3 atom stereocenters. The van der Waals surface area contributed by atoms with E-state index in [-0.39, 0.29) is 0 Å². The summed E-state index contributed by atoms with van der Waals surface area (Å²) in [7, 11) is 3.92. The first-order chi connectivity index (χ1) is 6.19. The predicted octanol–water partition coefficient (Wildman–Crippen LogP) is 1.13. The average Bonchev–Trinajstić information content (AvgIpc) is 2.47. The second kappa shape index (κ2) is 4.94. The normalized spacial score (nSPS) is 32.3. The molecule has 0 N–H and O–H groups in total. The van der Waals surface area contributed by atoms with E-state index in [1.165, 1.54) is 0 Å². The number of methoxy groups -OCH3 is 1. The van der Waals surface area contributed by atoms with E-state index in [1.807, 2.05) is 6.92 Å². The lowest BCUT2D eigenvalue weighted by molar-refractivity contribution is 0.0227. The lowest BCUT2D eigenvalue weighted by atomic mass is 10.1. The lowest BCUT2D eigenvalue weighted by Crippen LogP contribution is -2.36. The van der Waals surface area contributed by atoms with E-state index in [1.54, 1.807) is 7.11 Å². The fourth-order valence-electron chi connectivity index (χ4n) is 2.08. The molecule has 0 aliphatic carbocycles. The minimum atomic E-state index is 0.315. The fraction of sp³-hybridized carbons (Fsp3) is 1.00. The van der Waals surface area contributed by atoms with Crippen LogP contribution in [0.4, 0.5) is 0 Å². The molecule has 1 rings (SSSR count). The highest BCUT2D eigenvalue weighted by Crippen LogP contribution is 2.22. The van der Waals surface area contributed by atoms with Crippen molar-refractivity contribution in [3.8, 4) is 0 Å². The minimum Gasteiger partial charge on any atom is -0.380 e. The molecule has 0 bridgehead atoms. The molecule has 0 aromatic carbocycles. The first-order valence-electron chi connectivity index (χ1n) is 5.03. The van der Waals surface area contributed by atoms with E-state index >= 15 is 0 Å².